The van der Waals surface area contributed by atoms with Gasteiger partial charge < -0.3 is 10.4 Å². The number of hydrogen-bond acceptors (Lipinski definition) is 4. The minimum Gasteiger partial charge on any atom is -0.478 e. The van der Waals surface area contributed by atoms with Crippen LogP contribution >= 0.6 is 0 Å². The quantitative estimate of drug-likeness (QED) is 0.842. The van der Waals surface area contributed by atoms with E-state index >= 15 is 0 Å². The summed E-state index contributed by atoms with van der Waals surface area (Å²) in [6, 6.07) is 2.59. The lowest BCUT2D eigenvalue weighted by molar-refractivity contribution is -0.123. The van der Waals surface area contributed by atoms with Gasteiger partial charge in [0.15, 0.2) is 5.84 Å². The van der Waals surface area contributed by atoms with Gasteiger partial charge in [-0.2, -0.15) is 4.99 Å². The molecule has 0 fully saturated rings. The Morgan fingerprint density at radius 3 is 2.79 bits per heavy atom. The molecule has 0 saturated carbocycles. The van der Waals surface area contributed by atoms with Gasteiger partial charge in [0.1, 0.15) is 17.4 Å². The zero-order valence-corrected chi connectivity index (χ0v) is 10.3. The lowest BCUT2D eigenvalue weighted by Gasteiger charge is -2.24. The Hall–Kier alpha value is -2.31. The first-order valence-corrected chi connectivity index (χ1v) is 5.59. The average molecular weight is 265 g/mol. The summed E-state index contributed by atoms with van der Waals surface area (Å²) >= 11 is 0. The molecule has 1 aliphatic heterocycles. The van der Waals surface area contributed by atoms with Crippen LogP contribution in [0.15, 0.2) is 23.3 Å². The molecule has 2 rings (SSSR count). The maximum absolute atomic E-state index is 13.5. The summed E-state index contributed by atoms with van der Waals surface area (Å²) in [4.78, 5) is 30.2. The van der Waals surface area contributed by atoms with Crippen molar-refractivity contribution in [1.29, 1.82) is 0 Å². The largest absolute Gasteiger partial charge is 0.478 e. The number of rotatable bonds is 3. The topological polar surface area (TPSA) is 91.7 Å². The number of carbonyl (C=O) groups excluding carboxylic acids is 1. The molecule has 1 aromatic heterocycles. The molecule has 1 amide bonds. The lowest BCUT2D eigenvalue weighted by atomic mass is 9.97. The van der Waals surface area contributed by atoms with Gasteiger partial charge in [0, 0.05) is 6.20 Å². The van der Waals surface area contributed by atoms with E-state index in [0.717, 1.165) is 0 Å². The van der Waals surface area contributed by atoms with Gasteiger partial charge in [0.2, 0.25) is 0 Å². The van der Waals surface area contributed by atoms with Gasteiger partial charge in [0.05, 0.1) is 5.56 Å². The molecule has 0 bridgehead atoms. The van der Waals surface area contributed by atoms with Gasteiger partial charge in [0.25, 0.3) is 5.91 Å². The number of aromatic carboxylic acids is 1. The zero-order chi connectivity index (χ0) is 14.2. The number of pyridine rings is 1. The second-order valence-corrected chi connectivity index (χ2v) is 4.44. The molecule has 7 heteroatoms. The Morgan fingerprint density at radius 2 is 2.26 bits per heavy atom. The summed E-state index contributed by atoms with van der Waals surface area (Å²) in [7, 11) is 0. The van der Waals surface area contributed by atoms with Crippen LogP contribution in [0.25, 0.3) is 0 Å². The third-order valence-corrected chi connectivity index (χ3v) is 3.08. The molecular formula is C12H12FN3O3. The van der Waals surface area contributed by atoms with Crippen LogP contribution < -0.4 is 5.32 Å². The van der Waals surface area contributed by atoms with E-state index in [1.54, 1.807) is 0 Å². The van der Waals surface area contributed by atoms with Crippen LogP contribution in [0, 0.1) is 0 Å². The molecule has 0 radical (unpaired) electrons. The highest BCUT2D eigenvalue weighted by molar-refractivity contribution is 6.13. The van der Waals surface area contributed by atoms with E-state index in [9.17, 15) is 14.0 Å². The Labute approximate surface area is 108 Å². The van der Waals surface area contributed by atoms with E-state index in [4.69, 9.17) is 5.11 Å². The molecule has 1 aromatic rings. The number of aliphatic imine (C=N–C) groups is 1. The van der Waals surface area contributed by atoms with Gasteiger partial charge in [-0.15, -0.1) is 0 Å². The summed E-state index contributed by atoms with van der Waals surface area (Å²) < 4.78 is 13.5. The number of amidine groups is 1. The van der Waals surface area contributed by atoms with Crippen LogP contribution in [0.4, 0.5) is 4.39 Å². The smallest absolute Gasteiger partial charge is 0.335 e. The molecule has 2 N–H and O–H groups in total. The van der Waals surface area contributed by atoms with Crippen molar-refractivity contribution in [3.63, 3.8) is 0 Å². The first kappa shape index (κ1) is 13.1. The number of carbonyl (C=O) groups is 2. The van der Waals surface area contributed by atoms with Crippen LogP contribution in [-0.2, 0) is 4.79 Å². The molecular weight excluding hydrogens is 253 g/mol. The number of carboxylic acids is 1. The summed E-state index contributed by atoms with van der Waals surface area (Å²) in [6.07, 6.45) is -0.147. The van der Waals surface area contributed by atoms with E-state index < -0.39 is 23.6 Å². The number of halogens is 1. The van der Waals surface area contributed by atoms with Gasteiger partial charge in [-0.25, -0.2) is 9.18 Å². The molecule has 0 aliphatic carbocycles. The third-order valence-electron chi connectivity index (χ3n) is 3.08. The average Bonchev–Trinajstić information content (AvgIpc) is 2.67. The lowest BCUT2D eigenvalue weighted by Crippen LogP contribution is -2.52. The first-order chi connectivity index (χ1) is 8.84. The fraction of sp³-hybridized carbons (Fsp3) is 0.333. The number of alkyl halides is 1. The van der Waals surface area contributed by atoms with Crippen molar-refractivity contribution in [2.24, 2.45) is 4.99 Å². The molecule has 2 heterocycles. The highest BCUT2D eigenvalue weighted by atomic mass is 19.1. The van der Waals surface area contributed by atoms with Crippen LogP contribution in [0.5, 0.6) is 0 Å². The minimum atomic E-state index is -1.44. The van der Waals surface area contributed by atoms with Gasteiger partial charge in [-0.1, -0.05) is 0 Å². The molecule has 0 aromatic carbocycles. The fourth-order valence-corrected chi connectivity index (χ4v) is 1.63. The van der Waals surface area contributed by atoms with Crippen molar-refractivity contribution in [2.45, 2.75) is 25.6 Å². The van der Waals surface area contributed by atoms with E-state index in [1.165, 1.54) is 32.2 Å². The third kappa shape index (κ3) is 2.18. The Bertz CT molecular complexity index is 585. The fourth-order valence-electron chi connectivity index (χ4n) is 1.63. The zero-order valence-electron chi connectivity index (χ0n) is 10.3. The van der Waals surface area contributed by atoms with Crippen LogP contribution in [0.1, 0.15) is 29.9 Å². The number of carboxylic acid groups (broad SMARTS) is 1. The Kier molecular flexibility index (Phi) is 3.05. The van der Waals surface area contributed by atoms with Crippen molar-refractivity contribution < 1.29 is 19.1 Å². The van der Waals surface area contributed by atoms with Gasteiger partial charge in [-0.3, -0.25) is 9.78 Å². The van der Waals surface area contributed by atoms with E-state index in [0.29, 0.717) is 0 Å². The maximum Gasteiger partial charge on any atom is 0.335 e. The predicted molar refractivity (Wildman–Crippen MR) is 64.9 cm³/mol. The summed E-state index contributed by atoms with van der Waals surface area (Å²) in [5.74, 6) is -1.67. The minimum absolute atomic E-state index is 0.0175. The van der Waals surface area contributed by atoms with Crippen molar-refractivity contribution in [1.82, 2.24) is 10.3 Å². The SMILES string of the molecule is CC(F)C1(C)NC(c2cc(C(=O)O)ccn2)=NC1=O. The van der Waals surface area contributed by atoms with Crippen LogP contribution in [0.2, 0.25) is 0 Å². The van der Waals surface area contributed by atoms with Crippen molar-refractivity contribution >= 4 is 17.7 Å². The van der Waals surface area contributed by atoms with Crippen molar-refractivity contribution in [3.05, 3.63) is 29.6 Å². The molecule has 0 spiro atoms. The van der Waals surface area contributed by atoms with Crippen molar-refractivity contribution in [2.75, 3.05) is 0 Å². The maximum atomic E-state index is 13.5. The summed E-state index contributed by atoms with van der Waals surface area (Å²) in [6.45, 7) is 2.65. The van der Waals surface area contributed by atoms with E-state index in [2.05, 4.69) is 15.3 Å². The van der Waals surface area contributed by atoms with Crippen LogP contribution in [0.3, 0.4) is 0 Å². The number of aromatic nitrogens is 1. The number of amides is 1. The molecule has 19 heavy (non-hydrogen) atoms. The number of nitrogens with one attached hydrogen (secondary N) is 1. The summed E-state index contributed by atoms with van der Waals surface area (Å²) in [5.41, 5.74) is -1.22. The van der Waals surface area contributed by atoms with Gasteiger partial charge >= 0.3 is 5.97 Å². The molecule has 100 valence electrons. The van der Waals surface area contributed by atoms with Gasteiger partial charge in [-0.05, 0) is 26.0 Å². The van der Waals surface area contributed by atoms with Crippen molar-refractivity contribution in [3.8, 4) is 0 Å². The monoisotopic (exact) mass is 265 g/mol. The highest BCUT2D eigenvalue weighted by Gasteiger charge is 2.45. The molecule has 2 unspecified atom stereocenters. The standard InChI is InChI=1S/C12H12FN3O3/c1-6(13)12(2)11(19)15-9(16-12)8-5-7(10(17)18)3-4-14-8/h3-6H,1-2H3,(H,17,18)(H,15,16,19). The highest BCUT2D eigenvalue weighted by Crippen LogP contribution is 2.21. The summed E-state index contributed by atoms with van der Waals surface area (Å²) in [5, 5.41) is 11.5. The van der Waals surface area contributed by atoms with Crippen LogP contribution in [-0.4, -0.2) is 39.5 Å². The first-order valence-electron chi connectivity index (χ1n) is 5.59. The van der Waals surface area contributed by atoms with E-state index in [-0.39, 0.29) is 17.1 Å². The molecule has 1 aliphatic rings. The number of hydrogen-bond donors (Lipinski definition) is 2. The normalized spacial score (nSPS) is 23.7. The molecule has 0 saturated heterocycles. The predicted octanol–water partition coefficient (Wildman–Crippen LogP) is 0.773. The second kappa shape index (κ2) is 4.42. The molecule has 6 nitrogen and oxygen atoms in total. The number of nitrogens with zero attached hydrogens (tertiary/aromatic N) is 2. The Balaban J connectivity index is 2.35. The van der Waals surface area contributed by atoms with E-state index in [1.807, 2.05) is 0 Å². The molecule has 2 atom stereocenters. The second-order valence-electron chi connectivity index (χ2n) is 4.44. The Morgan fingerprint density at radius 1 is 1.58 bits per heavy atom.